The van der Waals surface area contributed by atoms with Gasteiger partial charge >= 0.3 is 11.9 Å². The summed E-state index contributed by atoms with van der Waals surface area (Å²) in [6, 6.07) is -4.54. The van der Waals surface area contributed by atoms with E-state index in [-0.39, 0.29) is 6.42 Å². The number of aromatic nitrogens is 2. The summed E-state index contributed by atoms with van der Waals surface area (Å²) in [5, 5.41) is 117. The van der Waals surface area contributed by atoms with Crippen molar-refractivity contribution in [2.75, 3.05) is 34.0 Å². The van der Waals surface area contributed by atoms with Gasteiger partial charge in [0.1, 0.15) is 91.4 Å². The van der Waals surface area contributed by atoms with Crippen LogP contribution in [0.3, 0.4) is 0 Å². The number of imidazole rings is 1. The molecule has 31 heteroatoms. The molecule has 0 spiro atoms. The van der Waals surface area contributed by atoms with Crippen molar-refractivity contribution in [3.63, 3.8) is 0 Å². The molecule has 31 nitrogen and oxygen atoms in total. The summed E-state index contributed by atoms with van der Waals surface area (Å²) >= 11 is 0. The number of carbonyl (C=O) groups excluding carboxylic acids is 4. The van der Waals surface area contributed by atoms with Gasteiger partial charge in [0.05, 0.1) is 19.5 Å². The lowest BCUT2D eigenvalue weighted by molar-refractivity contribution is -0.369. The Morgan fingerprint density at radius 1 is 0.671 bits per heavy atom. The number of H-pyrrole nitrogens is 1. The van der Waals surface area contributed by atoms with Gasteiger partial charge < -0.3 is 120 Å². The summed E-state index contributed by atoms with van der Waals surface area (Å²) in [7, 11) is 2.23. The van der Waals surface area contributed by atoms with E-state index in [0.29, 0.717) is 5.69 Å². The second kappa shape index (κ2) is 25.1. The lowest BCUT2D eigenvalue weighted by atomic mass is 9.94. The summed E-state index contributed by atoms with van der Waals surface area (Å²) in [4.78, 5) is 81.9. The third kappa shape index (κ3) is 13.2. The van der Waals surface area contributed by atoms with Crippen LogP contribution < -0.4 is 21.3 Å². The zero-order valence-corrected chi connectivity index (χ0v) is 37.9. The van der Waals surface area contributed by atoms with Gasteiger partial charge in [-0.15, -0.1) is 0 Å². The Labute approximate surface area is 396 Å². The first-order valence-corrected chi connectivity index (χ1v) is 21.6. The molecule has 0 saturated carbocycles. The molecule has 5 rings (SSSR count). The van der Waals surface area contributed by atoms with Crippen LogP contribution in [0.4, 0.5) is 0 Å². The predicted octanol–water partition coefficient (Wildman–Crippen LogP) is -9.01. The summed E-state index contributed by atoms with van der Waals surface area (Å²) < 4.78 is 50.5. The minimum atomic E-state index is -2.31. The first-order chi connectivity index (χ1) is 33.1. The van der Waals surface area contributed by atoms with Crippen molar-refractivity contribution >= 4 is 35.6 Å². The third-order valence-corrected chi connectivity index (χ3v) is 11.7. The normalized spacial score (nSPS) is 38.2. The van der Waals surface area contributed by atoms with Gasteiger partial charge in [-0.3, -0.25) is 19.2 Å². The number of methoxy groups -OCH3 is 2. The molecule has 4 aliphatic rings. The van der Waals surface area contributed by atoms with E-state index in [9.17, 15) is 79.8 Å². The highest BCUT2D eigenvalue weighted by atomic mass is 16.8. The molecule has 70 heavy (non-hydrogen) atoms. The van der Waals surface area contributed by atoms with Crippen LogP contribution in [0.5, 0.6) is 0 Å². The maximum absolute atomic E-state index is 13.5. The first-order valence-electron chi connectivity index (χ1n) is 21.6. The highest BCUT2D eigenvalue weighted by Gasteiger charge is 2.58. The summed E-state index contributed by atoms with van der Waals surface area (Å²) in [6.45, 7) is -0.153. The van der Waals surface area contributed by atoms with Gasteiger partial charge in [-0.05, 0) is 0 Å². The van der Waals surface area contributed by atoms with Crippen molar-refractivity contribution < 1.29 is 122 Å². The summed E-state index contributed by atoms with van der Waals surface area (Å²) in [5.41, 5.74) is 0.420. The molecule has 4 aliphatic heterocycles. The number of aromatic amines is 1. The lowest BCUT2D eigenvalue weighted by Crippen LogP contribution is -2.71. The van der Waals surface area contributed by atoms with Gasteiger partial charge in [0.2, 0.25) is 17.7 Å². The Morgan fingerprint density at radius 3 is 1.66 bits per heavy atom. The molecule has 0 aromatic carbocycles. The lowest BCUT2D eigenvalue weighted by Gasteiger charge is -2.50. The quantitative estimate of drug-likeness (QED) is 0.0544. The molecule has 1 aromatic rings. The van der Waals surface area contributed by atoms with Crippen LogP contribution in [0.1, 0.15) is 26.0 Å². The number of rotatable bonds is 21. The minimum absolute atomic E-state index is 0.132. The van der Waals surface area contributed by atoms with Gasteiger partial charge in [0.15, 0.2) is 37.4 Å². The topological polar surface area (TPSA) is 465 Å². The van der Waals surface area contributed by atoms with Crippen molar-refractivity contribution in [1.82, 2.24) is 31.2 Å². The van der Waals surface area contributed by atoms with E-state index in [1.165, 1.54) is 19.6 Å². The number of hydrogen-bond donors (Lipinski definition) is 15. The van der Waals surface area contributed by atoms with Crippen LogP contribution in [0.25, 0.3) is 0 Å². The zero-order valence-electron chi connectivity index (χ0n) is 37.9. The first kappa shape index (κ1) is 56.3. The maximum Gasteiger partial charge on any atom is 0.335 e. The van der Waals surface area contributed by atoms with E-state index in [1.807, 2.05) is 0 Å². The Morgan fingerprint density at radius 2 is 1.19 bits per heavy atom. The van der Waals surface area contributed by atoms with E-state index in [4.69, 9.17) is 42.6 Å². The number of ether oxygens (including phenoxy) is 9. The van der Waals surface area contributed by atoms with Crippen LogP contribution in [-0.4, -0.2) is 259 Å². The molecule has 0 radical (unpaired) electrons. The average Bonchev–Trinajstić information content (AvgIpc) is 3.83. The molecular weight excluding hydrogens is 952 g/mol. The van der Waals surface area contributed by atoms with Crippen LogP contribution >= 0.6 is 0 Å². The van der Waals surface area contributed by atoms with Crippen LogP contribution in [-0.2, 0) is 77.8 Å². The number of nitrogens with one attached hydrogen (secondary N) is 5. The smallest absolute Gasteiger partial charge is 0.335 e. The van der Waals surface area contributed by atoms with Crippen molar-refractivity contribution in [3.8, 4) is 0 Å². The maximum atomic E-state index is 13.5. The van der Waals surface area contributed by atoms with E-state index in [1.54, 1.807) is 0 Å². The second-order valence-electron chi connectivity index (χ2n) is 16.6. The van der Waals surface area contributed by atoms with Gasteiger partial charge in [0.25, 0.3) is 5.91 Å². The fraction of sp³-hybridized carbons (Fsp3) is 0.769. The number of aliphatic hydroxyl groups is 8. The number of nitrogens with zero attached hydrogens (tertiary/aromatic N) is 1. The van der Waals surface area contributed by atoms with Crippen LogP contribution in [0.2, 0.25) is 0 Å². The van der Waals surface area contributed by atoms with Crippen molar-refractivity contribution in [3.05, 3.63) is 18.2 Å². The monoisotopic (exact) mass is 1010 g/mol. The Kier molecular flexibility index (Phi) is 20.2. The van der Waals surface area contributed by atoms with Gasteiger partial charge in [-0.25, -0.2) is 14.6 Å². The Bertz CT molecular complexity index is 1920. The summed E-state index contributed by atoms with van der Waals surface area (Å²) in [6.07, 6.45) is -32.6. The molecule has 5 heterocycles. The van der Waals surface area contributed by atoms with Crippen LogP contribution in [0.15, 0.2) is 12.5 Å². The molecule has 1 aromatic heterocycles. The highest BCUT2D eigenvalue weighted by molar-refractivity contribution is 5.85. The molecule has 0 bridgehead atoms. The van der Waals surface area contributed by atoms with E-state index in [0.717, 1.165) is 21.0 Å². The largest absolute Gasteiger partial charge is 0.480 e. The standard InChI is InChI=1S/C39H60N6O25/c1-12(48)43-19-27(21(51)16(9-46)64-36(19)63-4)66-39-26(56)24(54)30(32(70-39)35(60)61)68-37-20(44-13(2)49)28(22(52)17(10-47)65-37)67-38-25(55)23(53)29(62-3)31(69-38)33(57)41-6-5-18(50)45-15(34(58)59)7-14-8-40-11-42-14/h8,11,15-17,19-32,36-39,46-47,51-56H,5-7,9-10H2,1-4H3,(H,40,42)(H,41,57)(H,43,48)(H,44,49)(H,45,50)(H,58,59)(H,60,61)/t15-,16?,17?,19-,20-,21+,22+,23-,24+,25-,26-,27+,28+,29-,30-,31?,32?,36?,37?,38?,39?/m0/s1. The predicted molar refractivity (Wildman–Crippen MR) is 220 cm³/mol. The highest BCUT2D eigenvalue weighted by Crippen LogP contribution is 2.35. The van der Waals surface area contributed by atoms with Crippen molar-refractivity contribution in [2.45, 2.75) is 155 Å². The third-order valence-electron chi connectivity index (χ3n) is 11.7. The number of hydrogen-bond acceptors (Lipinski definition) is 24. The number of amides is 4. The molecule has 4 amide bonds. The van der Waals surface area contributed by atoms with Gasteiger partial charge in [-0.1, -0.05) is 0 Å². The molecule has 4 fully saturated rings. The van der Waals surface area contributed by atoms with Crippen molar-refractivity contribution in [2.24, 2.45) is 0 Å². The SMILES string of the molecule is COC1OC(CO)[C@@H](O)[C@H](OC2OC(C(=O)O)[C@@H](OC3OC(CO)[C@@H](O)[C@H](OC4OC(C(=O)NCCC(=O)N[C@@H](Cc5cnc[nH]5)C(=O)O)[C@@H](OC)[C@@H](O)[C@@H]4O)[C@@H]3NC(C)=O)[C@H](O)[C@@H]2O)[C@@H]1NC(C)=O. The molecular formula is C39H60N6O25. The molecule has 21 atom stereocenters. The number of aliphatic carboxylic acids is 2. The average molecular weight is 1010 g/mol. The fourth-order valence-electron chi connectivity index (χ4n) is 8.22. The number of carboxylic acids is 2. The Hall–Kier alpha value is -4.65. The molecule has 15 N–H and O–H groups in total. The van der Waals surface area contributed by atoms with E-state index < -0.39 is 190 Å². The van der Waals surface area contributed by atoms with Crippen molar-refractivity contribution in [1.29, 1.82) is 0 Å². The van der Waals surface area contributed by atoms with Crippen LogP contribution in [0, 0.1) is 0 Å². The fourth-order valence-corrected chi connectivity index (χ4v) is 8.22. The number of carbonyl (C=O) groups is 6. The molecule has 4 saturated heterocycles. The Balaban J connectivity index is 1.33. The van der Waals surface area contributed by atoms with E-state index in [2.05, 4.69) is 31.2 Å². The second-order valence-corrected chi connectivity index (χ2v) is 16.6. The van der Waals surface area contributed by atoms with Gasteiger partial charge in [0, 0.05) is 59.3 Å². The number of carboxylic acid groups (broad SMARTS) is 2. The number of aliphatic hydroxyl groups excluding tert-OH is 8. The minimum Gasteiger partial charge on any atom is -0.480 e. The molecule has 0 aliphatic carbocycles. The molecule has 396 valence electrons. The van der Waals surface area contributed by atoms with Gasteiger partial charge in [-0.2, -0.15) is 0 Å². The molecule has 8 unspecified atom stereocenters. The van der Waals surface area contributed by atoms with E-state index >= 15 is 0 Å². The summed E-state index contributed by atoms with van der Waals surface area (Å²) in [5.74, 6) is -6.57. The zero-order chi connectivity index (χ0) is 51.7.